The van der Waals surface area contributed by atoms with Gasteiger partial charge in [-0.05, 0) is 12.8 Å². The quantitative estimate of drug-likeness (QED) is 0.557. The number of hydrogen-bond donors (Lipinski definition) is 1. The number of rotatable bonds is 12. The SMILES string of the molecule is CCCC(CCC)(C(=O)N(CCOC)CCOC)C(N)=S. The third-order valence-corrected chi connectivity index (χ3v) is 4.04. The minimum atomic E-state index is -0.736. The Balaban J connectivity index is 5.28. The minimum absolute atomic E-state index is 0.00722. The van der Waals surface area contributed by atoms with Crippen molar-refractivity contribution in [3.05, 3.63) is 0 Å². The third-order valence-electron chi connectivity index (χ3n) is 3.65. The Morgan fingerprint density at radius 1 is 1.10 bits per heavy atom. The molecule has 0 atom stereocenters. The Kier molecular flexibility index (Phi) is 10.6. The first-order valence-electron chi connectivity index (χ1n) is 7.57. The van der Waals surface area contributed by atoms with Crippen LogP contribution in [0.3, 0.4) is 0 Å². The van der Waals surface area contributed by atoms with Crippen LogP contribution in [-0.4, -0.2) is 56.3 Å². The highest BCUT2D eigenvalue weighted by atomic mass is 32.1. The summed E-state index contributed by atoms with van der Waals surface area (Å²) in [5, 5.41) is 0. The Morgan fingerprint density at radius 2 is 1.52 bits per heavy atom. The van der Waals surface area contributed by atoms with Crippen LogP contribution in [0.15, 0.2) is 0 Å². The van der Waals surface area contributed by atoms with Crippen molar-refractivity contribution in [2.75, 3.05) is 40.5 Å². The van der Waals surface area contributed by atoms with Gasteiger partial charge in [-0.25, -0.2) is 0 Å². The third kappa shape index (κ3) is 5.88. The zero-order chi connectivity index (χ0) is 16.3. The van der Waals surface area contributed by atoms with E-state index in [2.05, 4.69) is 0 Å². The van der Waals surface area contributed by atoms with E-state index in [-0.39, 0.29) is 5.91 Å². The summed E-state index contributed by atoms with van der Waals surface area (Å²) < 4.78 is 10.2. The van der Waals surface area contributed by atoms with E-state index in [1.54, 1.807) is 19.1 Å². The highest BCUT2D eigenvalue weighted by Gasteiger charge is 2.42. The average molecular weight is 318 g/mol. The molecule has 1 amide bonds. The molecule has 0 saturated heterocycles. The first-order chi connectivity index (χ1) is 9.99. The molecule has 0 aliphatic rings. The summed E-state index contributed by atoms with van der Waals surface area (Å²) in [6, 6.07) is 0. The molecule has 0 unspecified atom stereocenters. The Hall–Kier alpha value is -0.720. The van der Waals surface area contributed by atoms with Crippen LogP contribution in [0.25, 0.3) is 0 Å². The molecule has 0 aromatic carbocycles. The van der Waals surface area contributed by atoms with Crippen molar-refractivity contribution in [2.45, 2.75) is 39.5 Å². The number of ether oxygens (including phenoxy) is 2. The van der Waals surface area contributed by atoms with Crippen molar-refractivity contribution in [2.24, 2.45) is 11.1 Å². The fourth-order valence-corrected chi connectivity index (χ4v) is 2.86. The van der Waals surface area contributed by atoms with Gasteiger partial charge in [-0.2, -0.15) is 0 Å². The fraction of sp³-hybridized carbons (Fsp3) is 0.867. The zero-order valence-electron chi connectivity index (χ0n) is 13.8. The highest BCUT2D eigenvalue weighted by Crippen LogP contribution is 2.33. The van der Waals surface area contributed by atoms with Crippen molar-refractivity contribution in [1.82, 2.24) is 4.90 Å². The predicted octanol–water partition coefficient (Wildman–Crippen LogP) is 1.98. The second-order valence-electron chi connectivity index (χ2n) is 5.22. The monoisotopic (exact) mass is 318 g/mol. The van der Waals surface area contributed by atoms with Gasteiger partial charge in [-0.15, -0.1) is 0 Å². The van der Waals surface area contributed by atoms with Crippen molar-refractivity contribution < 1.29 is 14.3 Å². The molecule has 0 radical (unpaired) electrons. The molecule has 0 aliphatic heterocycles. The average Bonchev–Trinajstić information content (AvgIpc) is 2.46. The lowest BCUT2D eigenvalue weighted by atomic mass is 9.77. The molecule has 0 saturated carbocycles. The van der Waals surface area contributed by atoms with Crippen molar-refractivity contribution in [1.29, 1.82) is 0 Å². The number of hydrogen-bond acceptors (Lipinski definition) is 4. The van der Waals surface area contributed by atoms with Crippen LogP contribution in [0, 0.1) is 5.41 Å². The van der Waals surface area contributed by atoms with Gasteiger partial charge in [0.15, 0.2) is 0 Å². The van der Waals surface area contributed by atoms with Crippen molar-refractivity contribution >= 4 is 23.1 Å². The summed E-state index contributed by atoms with van der Waals surface area (Å²) in [7, 11) is 3.25. The van der Waals surface area contributed by atoms with E-state index >= 15 is 0 Å². The number of carbonyl (C=O) groups is 1. The largest absolute Gasteiger partial charge is 0.392 e. The molecule has 124 valence electrons. The number of carbonyl (C=O) groups excluding carboxylic acids is 1. The van der Waals surface area contributed by atoms with Gasteiger partial charge in [0.2, 0.25) is 5.91 Å². The number of amides is 1. The Labute approximate surface area is 134 Å². The maximum atomic E-state index is 13.0. The van der Waals surface area contributed by atoms with E-state index in [1.165, 1.54) is 0 Å². The summed E-state index contributed by atoms with van der Waals surface area (Å²) in [5.41, 5.74) is 5.23. The van der Waals surface area contributed by atoms with Gasteiger partial charge in [0.25, 0.3) is 0 Å². The zero-order valence-corrected chi connectivity index (χ0v) is 14.6. The van der Waals surface area contributed by atoms with E-state index in [0.717, 1.165) is 12.8 Å². The maximum absolute atomic E-state index is 13.0. The molecule has 0 spiro atoms. The van der Waals surface area contributed by atoms with Crippen LogP contribution >= 0.6 is 12.2 Å². The van der Waals surface area contributed by atoms with Crippen LogP contribution in [0.2, 0.25) is 0 Å². The molecule has 0 bridgehead atoms. The number of nitrogens with two attached hydrogens (primary N) is 1. The first-order valence-corrected chi connectivity index (χ1v) is 7.98. The lowest BCUT2D eigenvalue weighted by molar-refractivity contribution is -0.140. The van der Waals surface area contributed by atoms with Gasteiger partial charge in [-0.3, -0.25) is 4.79 Å². The topological polar surface area (TPSA) is 64.8 Å². The van der Waals surface area contributed by atoms with E-state index < -0.39 is 5.41 Å². The van der Waals surface area contributed by atoms with E-state index in [1.807, 2.05) is 13.8 Å². The molecule has 5 nitrogen and oxygen atoms in total. The summed E-state index contributed by atoms with van der Waals surface area (Å²) in [6.45, 7) is 6.12. The smallest absolute Gasteiger partial charge is 0.235 e. The van der Waals surface area contributed by atoms with Gasteiger partial charge in [-0.1, -0.05) is 38.9 Å². The summed E-state index contributed by atoms with van der Waals surface area (Å²) in [4.78, 5) is 15.1. The molecule has 6 heteroatoms. The van der Waals surface area contributed by atoms with E-state index in [4.69, 9.17) is 27.4 Å². The van der Waals surface area contributed by atoms with Gasteiger partial charge in [0, 0.05) is 27.3 Å². The summed E-state index contributed by atoms with van der Waals surface area (Å²) in [6.07, 6.45) is 3.11. The highest BCUT2D eigenvalue weighted by molar-refractivity contribution is 7.80. The van der Waals surface area contributed by atoms with Gasteiger partial charge < -0.3 is 20.1 Å². The van der Waals surface area contributed by atoms with Gasteiger partial charge in [0.1, 0.15) is 0 Å². The molecule has 0 heterocycles. The minimum Gasteiger partial charge on any atom is -0.392 e. The van der Waals surface area contributed by atoms with Crippen molar-refractivity contribution in [3.8, 4) is 0 Å². The van der Waals surface area contributed by atoms with Crippen LogP contribution in [-0.2, 0) is 14.3 Å². The van der Waals surface area contributed by atoms with E-state index in [0.29, 0.717) is 44.1 Å². The molecular weight excluding hydrogens is 288 g/mol. The summed E-state index contributed by atoms with van der Waals surface area (Å²) in [5.74, 6) is 0.00722. The lowest BCUT2D eigenvalue weighted by Gasteiger charge is -2.36. The van der Waals surface area contributed by atoms with Gasteiger partial charge >= 0.3 is 0 Å². The summed E-state index contributed by atoms with van der Waals surface area (Å²) >= 11 is 5.25. The molecule has 0 fully saturated rings. The fourth-order valence-electron chi connectivity index (χ4n) is 2.56. The normalized spacial score (nSPS) is 11.4. The lowest BCUT2D eigenvalue weighted by Crippen LogP contribution is -2.52. The molecule has 0 aliphatic carbocycles. The van der Waals surface area contributed by atoms with Gasteiger partial charge in [0.05, 0.1) is 23.6 Å². The van der Waals surface area contributed by atoms with E-state index in [9.17, 15) is 4.79 Å². The number of methoxy groups -OCH3 is 2. The first kappa shape index (κ1) is 20.3. The number of nitrogens with zero attached hydrogens (tertiary/aromatic N) is 1. The molecule has 0 aromatic rings. The van der Waals surface area contributed by atoms with Crippen LogP contribution in [0.5, 0.6) is 0 Å². The van der Waals surface area contributed by atoms with Crippen molar-refractivity contribution in [3.63, 3.8) is 0 Å². The molecule has 2 N–H and O–H groups in total. The molecule has 0 aromatic heterocycles. The standard InChI is InChI=1S/C15H30N2O3S/c1-5-7-15(8-6-2,13(16)21)14(18)17(9-11-19-3)10-12-20-4/h5-12H2,1-4H3,(H2,16,21). The molecule has 21 heavy (non-hydrogen) atoms. The predicted molar refractivity (Wildman–Crippen MR) is 89.4 cm³/mol. The van der Waals surface area contributed by atoms with Crippen LogP contribution in [0.4, 0.5) is 0 Å². The maximum Gasteiger partial charge on any atom is 0.235 e. The van der Waals surface area contributed by atoms with Crippen LogP contribution in [0.1, 0.15) is 39.5 Å². The number of thiocarbonyl (C=S) groups is 1. The Bertz CT molecular complexity index is 310. The van der Waals surface area contributed by atoms with Crippen LogP contribution < -0.4 is 5.73 Å². The second kappa shape index (κ2) is 10.9. The molecular formula is C15H30N2O3S. The Morgan fingerprint density at radius 3 is 1.81 bits per heavy atom. The molecule has 0 rings (SSSR count). The second-order valence-corrected chi connectivity index (χ2v) is 5.66.